The van der Waals surface area contributed by atoms with E-state index in [0.717, 1.165) is 17.8 Å². The van der Waals surface area contributed by atoms with E-state index < -0.39 is 0 Å². The molecule has 5 aliphatic rings. The number of para-hydroxylation sites is 1. The highest BCUT2D eigenvalue weighted by Crippen LogP contribution is 2.62. The fourth-order valence-electron chi connectivity index (χ4n) is 7.23. The van der Waals surface area contributed by atoms with Crippen molar-refractivity contribution in [1.29, 1.82) is 0 Å². The molecule has 0 N–H and O–H groups in total. The van der Waals surface area contributed by atoms with Crippen LogP contribution in [-0.2, 0) is 18.3 Å². The molecule has 1 heteroatoms. The van der Waals surface area contributed by atoms with Gasteiger partial charge in [-0.05, 0) is 98.1 Å². The van der Waals surface area contributed by atoms with Crippen molar-refractivity contribution in [2.24, 2.45) is 17.8 Å². The third kappa shape index (κ3) is 1.71. The number of pyridine rings is 1. The van der Waals surface area contributed by atoms with Crippen LogP contribution in [-0.4, -0.2) is 4.98 Å². The Hall–Kier alpha value is -1.37. The third-order valence-corrected chi connectivity index (χ3v) is 7.49. The van der Waals surface area contributed by atoms with E-state index in [0.29, 0.717) is 5.41 Å². The van der Waals surface area contributed by atoms with Crippen molar-refractivity contribution in [3.63, 3.8) is 0 Å². The van der Waals surface area contributed by atoms with Gasteiger partial charge in [0.1, 0.15) is 0 Å². The molecule has 0 saturated heterocycles. The second-order valence-corrected chi connectivity index (χ2v) is 8.98. The lowest BCUT2D eigenvalue weighted by Gasteiger charge is -2.57. The van der Waals surface area contributed by atoms with E-state index in [2.05, 4.69) is 24.3 Å². The topological polar surface area (TPSA) is 12.9 Å². The number of aryl methyl sites for hydroxylation is 1. The molecule has 2 aromatic rings. The first-order valence-electron chi connectivity index (χ1n) is 9.72. The predicted molar refractivity (Wildman–Crippen MR) is 93.6 cm³/mol. The molecular formula is C22H25N. The first-order valence-corrected chi connectivity index (χ1v) is 9.72. The van der Waals surface area contributed by atoms with Gasteiger partial charge in [0.15, 0.2) is 0 Å². The lowest BCUT2D eigenvalue weighted by atomic mass is 9.47. The van der Waals surface area contributed by atoms with Crippen LogP contribution in [0.3, 0.4) is 0 Å². The Morgan fingerprint density at radius 1 is 0.870 bits per heavy atom. The van der Waals surface area contributed by atoms with Gasteiger partial charge in [-0.25, -0.2) is 0 Å². The molecule has 0 radical (unpaired) electrons. The molecular weight excluding hydrogens is 278 g/mol. The molecule has 0 atom stereocenters. The maximum Gasteiger partial charge on any atom is 0.0708 e. The summed E-state index contributed by atoms with van der Waals surface area (Å²) < 4.78 is 0. The third-order valence-electron chi connectivity index (χ3n) is 7.49. The molecule has 0 spiro atoms. The molecule has 1 nitrogen and oxygen atoms in total. The minimum Gasteiger partial charge on any atom is -0.253 e. The predicted octanol–water partition coefficient (Wildman–Crippen LogP) is 5.19. The smallest absolute Gasteiger partial charge is 0.0708 e. The van der Waals surface area contributed by atoms with E-state index >= 15 is 0 Å². The SMILES string of the molecule is c1ccc2c(C34CC5CC(CC(C5)C3)C4)c3c(nc2c1)CCC3. The number of hydrogen-bond acceptors (Lipinski definition) is 1. The number of nitrogens with zero attached hydrogens (tertiary/aromatic N) is 1. The van der Waals surface area contributed by atoms with Gasteiger partial charge < -0.3 is 0 Å². The summed E-state index contributed by atoms with van der Waals surface area (Å²) in [4.78, 5) is 5.04. The highest BCUT2D eigenvalue weighted by Gasteiger charge is 2.53. The molecule has 1 aromatic carbocycles. The summed E-state index contributed by atoms with van der Waals surface area (Å²) in [7, 11) is 0. The Labute approximate surface area is 138 Å². The van der Waals surface area contributed by atoms with Gasteiger partial charge in [-0.2, -0.15) is 0 Å². The van der Waals surface area contributed by atoms with Gasteiger partial charge >= 0.3 is 0 Å². The Kier molecular flexibility index (Phi) is 2.47. The van der Waals surface area contributed by atoms with Crippen molar-refractivity contribution in [2.75, 3.05) is 0 Å². The van der Waals surface area contributed by atoms with Crippen molar-refractivity contribution in [3.05, 3.63) is 41.1 Å². The summed E-state index contributed by atoms with van der Waals surface area (Å²) >= 11 is 0. The molecule has 0 aliphatic heterocycles. The molecule has 23 heavy (non-hydrogen) atoms. The van der Waals surface area contributed by atoms with Crippen LogP contribution in [0, 0.1) is 17.8 Å². The van der Waals surface area contributed by atoms with Crippen molar-refractivity contribution in [2.45, 2.75) is 63.2 Å². The van der Waals surface area contributed by atoms with E-state index in [4.69, 9.17) is 4.98 Å². The number of fused-ring (bicyclic) bond motifs is 2. The van der Waals surface area contributed by atoms with Crippen molar-refractivity contribution in [1.82, 2.24) is 4.98 Å². The van der Waals surface area contributed by atoms with Gasteiger partial charge in [0, 0.05) is 11.1 Å². The summed E-state index contributed by atoms with van der Waals surface area (Å²) in [6.07, 6.45) is 12.8. The van der Waals surface area contributed by atoms with Gasteiger partial charge in [-0.3, -0.25) is 4.98 Å². The minimum atomic E-state index is 0.506. The molecule has 0 unspecified atom stereocenters. The van der Waals surface area contributed by atoms with Gasteiger partial charge in [0.2, 0.25) is 0 Å². The van der Waals surface area contributed by atoms with Crippen LogP contribution in [0.4, 0.5) is 0 Å². The Morgan fingerprint density at radius 3 is 2.30 bits per heavy atom. The Balaban J connectivity index is 1.64. The quantitative estimate of drug-likeness (QED) is 0.706. The van der Waals surface area contributed by atoms with Gasteiger partial charge in [-0.1, -0.05) is 18.2 Å². The maximum atomic E-state index is 5.04. The summed E-state index contributed by atoms with van der Waals surface area (Å²) in [5.74, 6) is 3.06. The monoisotopic (exact) mass is 303 g/mol. The zero-order valence-electron chi connectivity index (χ0n) is 13.9. The second kappa shape index (κ2) is 4.37. The van der Waals surface area contributed by atoms with Crippen LogP contribution in [0.5, 0.6) is 0 Å². The fourth-order valence-corrected chi connectivity index (χ4v) is 7.23. The molecule has 1 heterocycles. The number of hydrogen-bond donors (Lipinski definition) is 0. The molecule has 4 fully saturated rings. The van der Waals surface area contributed by atoms with E-state index in [1.165, 1.54) is 74.4 Å². The van der Waals surface area contributed by atoms with Crippen LogP contribution < -0.4 is 0 Å². The highest BCUT2D eigenvalue weighted by atomic mass is 14.7. The van der Waals surface area contributed by atoms with Crippen molar-refractivity contribution in [3.8, 4) is 0 Å². The normalized spacial score (nSPS) is 37.5. The number of benzene rings is 1. The lowest BCUT2D eigenvalue weighted by Crippen LogP contribution is -2.49. The molecule has 7 rings (SSSR count). The molecule has 4 saturated carbocycles. The van der Waals surface area contributed by atoms with Gasteiger partial charge in [0.05, 0.1) is 5.52 Å². The molecule has 1 aromatic heterocycles. The summed E-state index contributed by atoms with van der Waals surface area (Å²) in [5.41, 5.74) is 6.65. The van der Waals surface area contributed by atoms with E-state index in [1.807, 2.05) is 0 Å². The summed E-state index contributed by atoms with van der Waals surface area (Å²) in [6.45, 7) is 0. The van der Waals surface area contributed by atoms with Crippen LogP contribution in [0.25, 0.3) is 10.9 Å². The fraction of sp³-hybridized carbons (Fsp3) is 0.591. The average Bonchev–Trinajstić information content (AvgIpc) is 2.98. The number of rotatable bonds is 1. The van der Waals surface area contributed by atoms with Crippen LogP contribution in [0.15, 0.2) is 24.3 Å². The minimum absolute atomic E-state index is 0.506. The highest BCUT2D eigenvalue weighted by molar-refractivity contribution is 5.85. The molecule has 0 amide bonds. The van der Waals surface area contributed by atoms with Crippen molar-refractivity contribution < 1.29 is 0 Å². The first kappa shape index (κ1) is 13.0. The van der Waals surface area contributed by atoms with Gasteiger partial charge in [0.25, 0.3) is 0 Å². The maximum absolute atomic E-state index is 5.04. The van der Waals surface area contributed by atoms with E-state index in [9.17, 15) is 0 Å². The van der Waals surface area contributed by atoms with E-state index in [-0.39, 0.29) is 0 Å². The molecule has 118 valence electrons. The van der Waals surface area contributed by atoms with Crippen molar-refractivity contribution >= 4 is 10.9 Å². The van der Waals surface area contributed by atoms with E-state index in [1.54, 1.807) is 11.1 Å². The number of aromatic nitrogens is 1. The largest absolute Gasteiger partial charge is 0.253 e. The lowest BCUT2D eigenvalue weighted by molar-refractivity contribution is -0.00487. The zero-order chi connectivity index (χ0) is 15.0. The van der Waals surface area contributed by atoms with Crippen LogP contribution in [0.1, 0.15) is 61.8 Å². The average molecular weight is 303 g/mol. The molecule has 4 bridgehead atoms. The Morgan fingerprint density at radius 2 is 1.57 bits per heavy atom. The van der Waals surface area contributed by atoms with Crippen LogP contribution in [0.2, 0.25) is 0 Å². The zero-order valence-corrected chi connectivity index (χ0v) is 13.9. The van der Waals surface area contributed by atoms with Gasteiger partial charge in [-0.15, -0.1) is 0 Å². The first-order chi connectivity index (χ1) is 11.3. The Bertz CT molecular complexity index is 768. The molecule has 5 aliphatic carbocycles. The summed E-state index contributed by atoms with van der Waals surface area (Å²) in [6, 6.07) is 9.02. The van der Waals surface area contributed by atoms with Crippen LogP contribution >= 0.6 is 0 Å². The summed E-state index contributed by atoms with van der Waals surface area (Å²) in [5, 5.41) is 1.50. The standard InChI is InChI=1S/C22H25N/c1-2-6-19-17(4-1)21(18-5-3-7-20(18)23-19)22-11-14-8-15(12-22)10-16(9-14)13-22/h1-2,4,6,14-16H,3,5,7-13H2. The second-order valence-electron chi connectivity index (χ2n) is 8.98.